The van der Waals surface area contributed by atoms with E-state index >= 15 is 0 Å². The zero-order chi connectivity index (χ0) is 12.9. The molecule has 0 unspecified atom stereocenters. The Hall–Kier alpha value is -2.15. The van der Waals surface area contributed by atoms with E-state index in [4.69, 9.17) is 10.00 Å². The smallest absolute Gasteiger partial charge is 0.303 e. The molecular weight excluding hydrogens is 216 g/mol. The minimum atomic E-state index is -1.02. The Bertz CT molecular complexity index is 470. The summed E-state index contributed by atoms with van der Waals surface area (Å²) in [5, 5.41) is 9.06. The van der Waals surface area contributed by atoms with Crippen LogP contribution in [0.1, 0.15) is 20.8 Å². The number of esters is 1. The lowest BCUT2D eigenvalue weighted by molar-refractivity contribution is -0.148. The summed E-state index contributed by atoms with van der Waals surface area (Å²) in [6, 6.07) is 11.0. The van der Waals surface area contributed by atoms with Gasteiger partial charge in [0.05, 0.1) is 5.69 Å². The third-order valence-electron chi connectivity index (χ3n) is 2.07. The van der Waals surface area contributed by atoms with Gasteiger partial charge in [-0.3, -0.25) is 4.79 Å². The van der Waals surface area contributed by atoms with Crippen molar-refractivity contribution < 1.29 is 9.53 Å². The molecule has 0 aromatic heterocycles. The summed E-state index contributed by atoms with van der Waals surface area (Å²) in [5.74, 6) is -0.439. The van der Waals surface area contributed by atoms with Crippen molar-refractivity contribution >= 4 is 17.4 Å². The van der Waals surface area contributed by atoms with Crippen LogP contribution in [0.2, 0.25) is 0 Å². The second kappa shape index (κ2) is 5.26. The van der Waals surface area contributed by atoms with E-state index in [2.05, 4.69) is 4.99 Å². The summed E-state index contributed by atoms with van der Waals surface area (Å²) in [6.07, 6.45) is 0. The summed E-state index contributed by atoms with van der Waals surface area (Å²) >= 11 is 0. The standard InChI is InChI=1S/C13H14N2O2/c1-10(16)17-13(2,3)12(9-14)15-11-7-5-4-6-8-11/h4-8H,1-3H3. The van der Waals surface area contributed by atoms with E-state index in [1.807, 2.05) is 24.3 Å². The minimum Gasteiger partial charge on any atom is -0.453 e. The summed E-state index contributed by atoms with van der Waals surface area (Å²) in [7, 11) is 0. The molecule has 0 saturated carbocycles. The molecule has 0 heterocycles. The molecule has 17 heavy (non-hydrogen) atoms. The third kappa shape index (κ3) is 3.72. The van der Waals surface area contributed by atoms with Crippen molar-refractivity contribution in [3.8, 4) is 6.07 Å². The van der Waals surface area contributed by atoms with Crippen LogP contribution in [0.4, 0.5) is 5.69 Å². The molecule has 0 spiro atoms. The molecule has 0 aliphatic carbocycles. The van der Waals surface area contributed by atoms with Crippen LogP contribution in [0.25, 0.3) is 0 Å². The van der Waals surface area contributed by atoms with E-state index in [0.717, 1.165) is 0 Å². The van der Waals surface area contributed by atoms with Crippen LogP contribution in [-0.4, -0.2) is 17.3 Å². The molecule has 0 N–H and O–H groups in total. The molecule has 4 nitrogen and oxygen atoms in total. The van der Waals surface area contributed by atoms with Gasteiger partial charge in [-0.25, -0.2) is 4.99 Å². The maximum Gasteiger partial charge on any atom is 0.303 e. The highest BCUT2D eigenvalue weighted by Crippen LogP contribution is 2.17. The second-order valence-corrected chi connectivity index (χ2v) is 4.01. The number of hydrogen-bond donors (Lipinski definition) is 0. The fraction of sp³-hybridized carbons (Fsp3) is 0.308. The van der Waals surface area contributed by atoms with Crippen molar-refractivity contribution in [3.63, 3.8) is 0 Å². The number of hydrogen-bond acceptors (Lipinski definition) is 4. The molecule has 0 fully saturated rings. The van der Waals surface area contributed by atoms with Crippen LogP contribution in [0.5, 0.6) is 0 Å². The molecular formula is C13H14N2O2. The van der Waals surface area contributed by atoms with Gasteiger partial charge in [-0.2, -0.15) is 5.26 Å². The monoisotopic (exact) mass is 230 g/mol. The first-order chi connectivity index (χ1) is 7.95. The van der Waals surface area contributed by atoms with Gasteiger partial charge in [0, 0.05) is 6.92 Å². The number of ether oxygens (including phenoxy) is 1. The second-order valence-electron chi connectivity index (χ2n) is 4.01. The molecule has 1 aromatic rings. The highest BCUT2D eigenvalue weighted by Gasteiger charge is 2.28. The molecule has 0 saturated heterocycles. The zero-order valence-corrected chi connectivity index (χ0v) is 10.1. The number of rotatable bonds is 3. The Morgan fingerprint density at radius 2 is 1.94 bits per heavy atom. The zero-order valence-electron chi connectivity index (χ0n) is 10.1. The van der Waals surface area contributed by atoms with Gasteiger partial charge < -0.3 is 4.74 Å². The molecule has 0 atom stereocenters. The largest absolute Gasteiger partial charge is 0.453 e. The van der Waals surface area contributed by atoms with Crippen LogP contribution in [0.15, 0.2) is 35.3 Å². The van der Waals surface area contributed by atoms with Crippen LogP contribution in [0.3, 0.4) is 0 Å². The first kappa shape index (κ1) is 12.9. The highest BCUT2D eigenvalue weighted by atomic mass is 16.6. The molecule has 0 aliphatic heterocycles. The Labute approximate surface area is 101 Å². The highest BCUT2D eigenvalue weighted by molar-refractivity contribution is 6.06. The lowest BCUT2D eigenvalue weighted by Crippen LogP contribution is -2.35. The molecule has 0 radical (unpaired) electrons. The summed E-state index contributed by atoms with van der Waals surface area (Å²) in [4.78, 5) is 15.1. The average Bonchev–Trinajstić information content (AvgIpc) is 2.25. The summed E-state index contributed by atoms with van der Waals surface area (Å²) < 4.78 is 5.07. The van der Waals surface area contributed by atoms with Crippen molar-refractivity contribution in [2.75, 3.05) is 0 Å². The van der Waals surface area contributed by atoms with E-state index in [0.29, 0.717) is 5.69 Å². The summed E-state index contributed by atoms with van der Waals surface area (Å²) in [5.41, 5.74) is -0.195. The van der Waals surface area contributed by atoms with Crippen molar-refractivity contribution in [3.05, 3.63) is 30.3 Å². The number of nitriles is 1. The Balaban J connectivity index is 3.04. The SMILES string of the molecule is CC(=O)OC(C)(C)C(C#N)=Nc1ccccc1. The predicted molar refractivity (Wildman–Crippen MR) is 65.0 cm³/mol. The number of para-hydroxylation sites is 1. The number of nitrogens with zero attached hydrogens (tertiary/aromatic N) is 2. The van der Waals surface area contributed by atoms with E-state index in [9.17, 15) is 4.79 Å². The third-order valence-corrected chi connectivity index (χ3v) is 2.07. The van der Waals surface area contributed by atoms with Crippen LogP contribution in [0, 0.1) is 11.3 Å². The van der Waals surface area contributed by atoms with Crippen LogP contribution < -0.4 is 0 Å². The van der Waals surface area contributed by atoms with E-state index in [-0.39, 0.29) is 5.71 Å². The Kier molecular flexibility index (Phi) is 4.00. The van der Waals surface area contributed by atoms with Gasteiger partial charge in [0.1, 0.15) is 6.07 Å². The molecule has 1 aromatic carbocycles. The van der Waals surface area contributed by atoms with Crippen molar-refractivity contribution in [2.24, 2.45) is 4.99 Å². The molecule has 0 amide bonds. The summed E-state index contributed by atoms with van der Waals surface area (Å²) in [6.45, 7) is 4.58. The molecule has 4 heteroatoms. The van der Waals surface area contributed by atoms with E-state index in [1.165, 1.54) is 6.92 Å². The van der Waals surface area contributed by atoms with Gasteiger partial charge in [-0.15, -0.1) is 0 Å². The Morgan fingerprint density at radius 1 is 1.35 bits per heavy atom. The fourth-order valence-electron chi connectivity index (χ4n) is 1.33. The first-order valence-corrected chi connectivity index (χ1v) is 5.19. The van der Waals surface area contributed by atoms with Crippen LogP contribution in [-0.2, 0) is 9.53 Å². The number of carbonyl (C=O) groups excluding carboxylic acids is 1. The van der Waals surface area contributed by atoms with Crippen LogP contribution >= 0.6 is 0 Å². The average molecular weight is 230 g/mol. The van der Waals surface area contributed by atoms with Crippen molar-refractivity contribution in [1.82, 2.24) is 0 Å². The van der Waals surface area contributed by atoms with Gasteiger partial charge in [0.2, 0.25) is 0 Å². The molecule has 88 valence electrons. The first-order valence-electron chi connectivity index (χ1n) is 5.19. The van der Waals surface area contributed by atoms with Gasteiger partial charge in [-0.05, 0) is 26.0 Å². The lowest BCUT2D eigenvalue weighted by Gasteiger charge is -2.22. The molecule has 0 bridgehead atoms. The van der Waals surface area contributed by atoms with E-state index in [1.54, 1.807) is 26.0 Å². The predicted octanol–water partition coefficient (Wildman–Crippen LogP) is 2.62. The Morgan fingerprint density at radius 3 is 2.41 bits per heavy atom. The molecule has 1 rings (SSSR count). The van der Waals surface area contributed by atoms with Gasteiger partial charge in [0.25, 0.3) is 0 Å². The number of carbonyl (C=O) groups is 1. The maximum atomic E-state index is 10.9. The minimum absolute atomic E-state index is 0.166. The van der Waals surface area contributed by atoms with Gasteiger partial charge >= 0.3 is 5.97 Å². The fourth-order valence-corrected chi connectivity index (χ4v) is 1.33. The topological polar surface area (TPSA) is 62.5 Å². The number of aliphatic imine (C=N–C) groups is 1. The quantitative estimate of drug-likeness (QED) is 0.592. The van der Waals surface area contributed by atoms with E-state index < -0.39 is 11.6 Å². The van der Waals surface area contributed by atoms with Gasteiger partial charge in [0.15, 0.2) is 11.3 Å². The van der Waals surface area contributed by atoms with Crippen molar-refractivity contribution in [2.45, 2.75) is 26.4 Å². The normalized spacial score (nSPS) is 11.8. The van der Waals surface area contributed by atoms with Gasteiger partial charge in [-0.1, -0.05) is 18.2 Å². The van der Waals surface area contributed by atoms with Crippen molar-refractivity contribution in [1.29, 1.82) is 5.26 Å². The maximum absolute atomic E-state index is 10.9. The molecule has 0 aliphatic rings. The lowest BCUT2D eigenvalue weighted by atomic mass is 10.0. The number of benzene rings is 1.